The van der Waals surface area contributed by atoms with Crippen molar-refractivity contribution < 1.29 is 4.79 Å². The van der Waals surface area contributed by atoms with Gasteiger partial charge in [0.05, 0.1) is 6.04 Å². The normalized spacial score (nSPS) is 23.4. The fourth-order valence-electron chi connectivity index (χ4n) is 1.51. The van der Waals surface area contributed by atoms with E-state index in [1.807, 2.05) is 11.8 Å². The summed E-state index contributed by atoms with van der Waals surface area (Å²) in [5.74, 6) is 2.24. The Labute approximate surface area is 90.2 Å². The van der Waals surface area contributed by atoms with E-state index in [0.29, 0.717) is 6.04 Å². The Morgan fingerprint density at radius 2 is 2.50 bits per heavy atom. The summed E-state index contributed by atoms with van der Waals surface area (Å²) in [4.78, 5) is 11.6. The molecule has 1 fully saturated rings. The minimum absolute atomic E-state index is 0.0333. The first-order valence-electron chi connectivity index (χ1n) is 5.37. The van der Waals surface area contributed by atoms with E-state index in [-0.39, 0.29) is 11.9 Å². The van der Waals surface area contributed by atoms with Crippen LogP contribution in [0.1, 0.15) is 32.6 Å². The fourth-order valence-corrected chi connectivity index (χ4v) is 2.66. The SMILES string of the molecule is CCCC[C@H](N)C(=O)NC1CCSC1. The molecule has 14 heavy (non-hydrogen) atoms. The van der Waals surface area contributed by atoms with Crippen LogP contribution in [-0.4, -0.2) is 29.5 Å². The molecule has 1 unspecified atom stereocenters. The number of thioether (sulfide) groups is 1. The lowest BCUT2D eigenvalue weighted by Crippen LogP contribution is -2.45. The third kappa shape index (κ3) is 3.88. The molecule has 1 aliphatic rings. The zero-order chi connectivity index (χ0) is 10.4. The van der Waals surface area contributed by atoms with Gasteiger partial charge in [-0.3, -0.25) is 4.79 Å². The van der Waals surface area contributed by atoms with Gasteiger partial charge in [0.15, 0.2) is 0 Å². The number of rotatable bonds is 5. The summed E-state index contributed by atoms with van der Waals surface area (Å²) < 4.78 is 0. The Morgan fingerprint density at radius 3 is 3.07 bits per heavy atom. The molecule has 1 rings (SSSR count). The van der Waals surface area contributed by atoms with Crippen molar-refractivity contribution in [1.29, 1.82) is 0 Å². The van der Waals surface area contributed by atoms with Crippen LogP contribution in [0.5, 0.6) is 0 Å². The van der Waals surface area contributed by atoms with Crippen molar-refractivity contribution in [2.75, 3.05) is 11.5 Å². The summed E-state index contributed by atoms with van der Waals surface area (Å²) in [5, 5.41) is 3.00. The predicted octanol–water partition coefficient (Wildman–Crippen LogP) is 1.13. The molecule has 82 valence electrons. The number of unbranched alkanes of at least 4 members (excludes halogenated alkanes) is 1. The van der Waals surface area contributed by atoms with Crippen molar-refractivity contribution in [3.8, 4) is 0 Å². The lowest BCUT2D eigenvalue weighted by atomic mass is 10.1. The average molecular weight is 216 g/mol. The topological polar surface area (TPSA) is 55.1 Å². The van der Waals surface area contributed by atoms with Gasteiger partial charge in [-0.15, -0.1) is 0 Å². The van der Waals surface area contributed by atoms with Crippen LogP contribution in [0.15, 0.2) is 0 Å². The van der Waals surface area contributed by atoms with Crippen molar-refractivity contribution in [2.45, 2.75) is 44.7 Å². The van der Waals surface area contributed by atoms with Gasteiger partial charge >= 0.3 is 0 Å². The maximum absolute atomic E-state index is 11.6. The van der Waals surface area contributed by atoms with Crippen LogP contribution in [0.25, 0.3) is 0 Å². The van der Waals surface area contributed by atoms with Crippen molar-refractivity contribution in [3.63, 3.8) is 0 Å². The van der Waals surface area contributed by atoms with Gasteiger partial charge in [-0.2, -0.15) is 11.8 Å². The van der Waals surface area contributed by atoms with E-state index in [9.17, 15) is 4.79 Å². The van der Waals surface area contributed by atoms with Crippen molar-refractivity contribution >= 4 is 17.7 Å². The monoisotopic (exact) mass is 216 g/mol. The Bertz CT molecular complexity index is 181. The van der Waals surface area contributed by atoms with Crippen LogP contribution >= 0.6 is 11.8 Å². The van der Waals surface area contributed by atoms with Crippen LogP contribution in [0.2, 0.25) is 0 Å². The van der Waals surface area contributed by atoms with E-state index < -0.39 is 0 Å². The molecule has 0 aromatic rings. The van der Waals surface area contributed by atoms with Crippen LogP contribution < -0.4 is 11.1 Å². The molecule has 1 amide bonds. The molecule has 0 bridgehead atoms. The molecular formula is C10H20N2OS. The lowest BCUT2D eigenvalue weighted by Gasteiger charge is -2.15. The van der Waals surface area contributed by atoms with Gasteiger partial charge in [0.1, 0.15) is 0 Å². The number of carbonyl (C=O) groups excluding carboxylic acids is 1. The Morgan fingerprint density at radius 1 is 1.71 bits per heavy atom. The van der Waals surface area contributed by atoms with E-state index in [1.54, 1.807) is 0 Å². The average Bonchev–Trinajstić information content (AvgIpc) is 2.66. The first-order chi connectivity index (χ1) is 6.74. The Balaban J connectivity index is 2.18. The number of nitrogens with two attached hydrogens (primary N) is 1. The summed E-state index contributed by atoms with van der Waals surface area (Å²) >= 11 is 1.90. The highest BCUT2D eigenvalue weighted by molar-refractivity contribution is 7.99. The maximum Gasteiger partial charge on any atom is 0.237 e. The third-order valence-electron chi connectivity index (χ3n) is 2.48. The number of nitrogens with one attached hydrogen (secondary N) is 1. The molecule has 0 spiro atoms. The molecule has 1 heterocycles. The quantitative estimate of drug-likeness (QED) is 0.724. The van der Waals surface area contributed by atoms with Gasteiger partial charge in [-0.25, -0.2) is 0 Å². The third-order valence-corrected chi connectivity index (χ3v) is 3.64. The molecule has 0 saturated carbocycles. The molecule has 1 aliphatic heterocycles. The van der Waals surface area contributed by atoms with Gasteiger partial charge in [-0.1, -0.05) is 19.8 Å². The fraction of sp³-hybridized carbons (Fsp3) is 0.900. The molecular weight excluding hydrogens is 196 g/mol. The molecule has 0 aliphatic carbocycles. The molecule has 3 nitrogen and oxygen atoms in total. The zero-order valence-corrected chi connectivity index (χ0v) is 9.61. The lowest BCUT2D eigenvalue weighted by molar-refractivity contribution is -0.123. The second-order valence-electron chi connectivity index (χ2n) is 3.82. The number of carbonyl (C=O) groups is 1. The first kappa shape index (κ1) is 11.9. The zero-order valence-electron chi connectivity index (χ0n) is 8.79. The number of amides is 1. The van der Waals surface area contributed by atoms with E-state index >= 15 is 0 Å². The molecule has 2 atom stereocenters. The minimum atomic E-state index is -0.305. The highest BCUT2D eigenvalue weighted by Crippen LogP contribution is 2.17. The Hall–Kier alpha value is -0.220. The first-order valence-corrected chi connectivity index (χ1v) is 6.53. The molecule has 4 heteroatoms. The molecule has 0 radical (unpaired) electrons. The summed E-state index contributed by atoms with van der Waals surface area (Å²) in [5.41, 5.74) is 5.76. The largest absolute Gasteiger partial charge is 0.351 e. The summed E-state index contributed by atoms with van der Waals surface area (Å²) in [6, 6.07) is 0.0562. The maximum atomic E-state index is 11.6. The van der Waals surface area contributed by atoms with Gasteiger partial charge in [0, 0.05) is 11.8 Å². The summed E-state index contributed by atoms with van der Waals surface area (Å²) in [6.07, 6.45) is 4.04. The van der Waals surface area contributed by atoms with Crippen LogP contribution in [0.3, 0.4) is 0 Å². The van der Waals surface area contributed by atoms with Gasteiger partial charge in [-0.05, 0) is 18.6 Å². The summed E-state index contributed by atoms with van der Waals surface area (Å²) in [6.45, 7) is 2.11. The predicted molar refractivity (Wildman–Crippen MR) is 61.4 cm³/mol. The smallest absolute Gasteiger partial charge is 0.237 e. The standard InChI is InChI=1S/C10H20N2OS/c1-2-3-4-9(11)10(13)12-8-5-6-14-7-8/h8-9H,2-7,11H2,1H3,(H,12,13)/t8?,9-/m0/s1. The van der Waals surface area contributed by atoms with Crippen molar-refractivity contribution in [2.24, 2.45) is 5.73 Å². The van der Waals surface area contributed by atoms with Crippen LogP contribution in [0.4, 0.5) is 0 Å². The van der Waals surface area contributed by atoms with Crippen molar-refractivity contribution in [3.05, 3.63) is 0 Å². The van der Waals surface area contributed by atoms with Crippen molar-refractivity contribution in [1.82, 2.24) is 5.32 Å². The van der Waals surface area contributed by atoms with E-state index in [0.717, 1.165) is 37.2 Å². The summed E-state index contributed by atoms with van der Waals surface area (Å²) in [7, 11) is 0. The molecule has 0 aromatic heterocycles. The van der Waals surface area contributed by atoms with Crippen LogP contribution in [-0.2, 0) is 4.79 Å². The van der Waals surface area contributed by atoms with Gasteiger partial charge in [0.25, 0.3) is 0 Å². The minimum Gasteiger partial charge on any atom is -0.351 e. The second-order valence-corrected chi connectivity index (χ2v) is 4.97. The van der Waals surface area contributed by atoms with E-state index in [1.165, 1.54) is 0 Å². The van der Waals surface area contributed by atoms with E-state index in [2.05, 4.69) is 12.2 Å². The second kappa shape index (κ2) is 6.30. The van der Waals surface area contributed by atoms with Crippen LogP contribution in [0, 0.1) is 0 Å². The highest BCUT2D eigenvalue weighted by Gasteiger charge is 2.20. The highest BCUT2D eigenvalue weighted by atomic mass is 32.2. The molecule has 3 N–H and O–H groups in total. The Kier molecular flexibility index (Phi) is 5.33. The van der Waals surface area contributed by atoms with Gasteiger partial charge in [0.2, 0.25) is 5.91 Å². The number of hydrogen-bond acceptors (Lipinski definition) is 3. The molecule has 0 aromatic carbocycles. The number of hydrogen-bond donors (Lipinski definition) is 2. The molecule has 1 saturated heterocycles. The van der Waals surface area contributed by atoms with E-state index in [4.69, 9.17) is 5.73 Å². The van der Waals surface area contributed by atoms with Gasteiger partial charge < -0.3 is 11.1 Å².